The first-order chi connectivity index (χ1) is 18.1. The summed E-state index contributed by atoms with van der Waals surface area (Å²) in [6.45, 7) is -0.674. The molecule has 0 heterocycles. The summed E-state index contributed by atoms with van der Waals surface area (Å²) in [5, 5.41) is 9.52. The van der Waals surface area contributed by atoms with Crippen molar-refractivity contribution < 1.29 is 37.0 Å². The molecule has 0 spiro atoms. The Morgan fingerprint density at radius 2 is 1.58 bits per heavy atom. The quantitative estimate of drug-likeness (QED) is 0.312. The van der Waals surface area contributed by atoms with Crippen molar-refractivity contribution in [1.82, 2.24) is 0 Å². The van der Waals surface area contributed by atoms with Crippen molar-refractivity contribution >= 4 is 17.6 Å². The Hall–Kier alpha value is -3.88. The van der Waals surface area contributed by atoms with Crippen molar-refractivity contribution in [1.29, 1.82) is 0 Å². The summed E-state index contributed by atoms with van der Waals surface area (Å²) in [5.41, 5.74) is 0.817. The second-order valence-corrected chi connectivity index (χ2v) is 9.34. The number of rotatable bonds is 8. The number of carbonyl (C=O) groups is 2. The van der Waals surface area contributed by atoms with E-state index in [9.17, 15) is 27.9 Å². The maximum absolute atomic E-state index is 15.1. The van der Waals surface area contributed by atoms with E-state index in [2.05, 4.69) is 0 Å². The molecule has 0 radical (unpaired) electrons. The molecule has 1 N–H and O–H groups in total. The molecule has 0 unspecified atom stereocenters. The lowest BCUT2D eigenvalue weighted by molar-refractivity contribution is -0.170. The highest BCUT2D eigenvalue weighted by atomic mass is 19.4. The van der Waals surface area contributed by atoms with Crippen LogP contribution in [0.15, 0.2) is 66.7 Å². The van der Waals surface area contributed by atoms with Crippen molar-refractivity contribution in [3.8, 4) is 5.75 Å². The van der Waals surface area contributed by atoms with Gasteiger partial charge in [-0.2, -0.15) is 13.2 Å². The molecular formula is C29H27F4NO4. The molecule has 3 aromatic carbocycles. The van der Waals surface area contributed by atoms with E-state index in [1.165, 1.54) is 6.42 Å². The van der Waals surface area contributed by atoms with Crippen LogP contribution in [0, 0.1) is 5.82 Å². The number of carboxylic acid groups (broad SMARTS) is 1. The summed E-state index contributed by atoms with van der Waals surface area (Å²) in [7, 11) is 0. The Morgan fingerprint density at radius 1 is 0.921 bits per heavy atom. The van der Waals surface area contributed by atoms with Crippen LogP contribution in [0.2, 0.25) is 0 Å². The number of aromatic carboxylic acids is 1. The Morgan fingerprint density at radius 3 is 2.18 bits per heavy atom. The molecule has 1 saturated carbocycles. The number of halogens is 4. The van der Waals surface area contributed by atoms with Gasteiger partial charge in [0.15, 0.2) is 0 Å². The predicted octanol–water partition coefficient (Wildman–Crippen LogP) is 7.25. The molecule has 0 aromatic heterocycles. The fourth-order valence-electron chi connectivity index (χ4n) is 4.70. The molecule has 1 aliphatic rings. The molecule has 9 heteroatoms. The molecule has 0 atom stereocenters. The molecule has 5 nitrogen and oxygen atoms in total. The molecule has 3 aromatic rings. The van der Waals surface area contributed by atoms with Gasteiger partial charge in [-0.15, -0.1) is 0 Å². The van der Waals surface area contributed by atoms with Gasteiger partial charge in [-0.05, 0) is 41.5 Å². The standard InChI is InChI=1S/C29H27F4NO4/c30-24-15-23(27(35)36)26(38-18-20-7-3-1-4-8-20)16-25(24)34(28(37)29(31,32)33)17-19-11-13-22(14-12-19)21-9-5-2-6-10-21/h1,3-4,7-8,11-16,21H,2,5-6,9-10,17-18H2,(H,35,36). The highest BCUT2D eigenvalue weighted by Crippen LogP contribution is 2.35. The molecular weight excluding hydrogens is 502 g/mol. The summed E-state index contributed by atoms with van der Waals surface area (Å²) >= 11 is 0. The van der Waals surface area contributed by atoms with E-state index in [-0.39, 0.29) is 17.3 Å². The molecule has 0 bridgehead atoms. The van der Waals surface area contributed by atoms with Gasteiger partial charge in [0.2, 0.25) is 0 Å². The van der Waals surface area contributed by atoms with Crippen LogP contribution in [0.3, 0.4) is 0 Å². The van der Waals surface area contributed by atoms with E-state index in [1.54, 1.807) is 42.5 Å². The van der Waals surface area contributed by atoms with Gasteiger partial charge in [-0.25, -0.2) is 9.18 Å². The van der Waals surface area contributed by atoms with Gasteiger partial charge in [-0.1, -0.05) is 73.9 Å². The summed E-state index contributed by atoms with van der Waals surface area (Å²) in [6, 6.07) is 17.0. The minimum atomic E-state index is -5.29. The van der Waals surface area contributed by atoms with E-state index in [1.807, 2.05) is 12.1 Å². The van der Waals surface area contributed by atoms with Crippen LogP contribution in [0.1, 0.15) is 65.1 Å². The van der Waals surface area contributed by atoms with Gasteiger partial charge in [0.1, 0.15) is 23.7 Å². The number of carbonyl (C=O) groups excluding carboxylic acids is 1. The fourth-order valence-corrected chi connectivity index (χ4v) is 4.70. The van der Waals surface area contributed by atoms with Gasteiger partial charge < -0.3 is 9.84 Å². The maximum atomic E-state index is 15.1. The molecule has 1 amide bonds. The number of nitrogens with zero attached hydrogens (tertiary/aromatic N) is 1. The van der Waals surface area contributed by atoms with Crippen molar-refractivity contribution in [2.24, 2.45) is 0 Å². The normalized spacial score (nSPS) is 14.2. The lowest BCUT2D eigenvalue weighted by Gasteiger charge is -2.26. The highest BCUT2D eigenvalue weighted by molar-refractivity contribution is 5.99. The number of hydrogen-bond donors (Lipinski definition) is 1. The monoisotopic (exact) mass is 529 g/mol. The topological polar surface area (TPSA) is 66.8 Å². The van der Waals surface area contributed by atoms with Crippen LogP contribution in [0.5, 0.6) is 5.75 Å². The number of ether oxygens (including phenoxy) is 1. The average Bonchev–Trinajstić information content (AvgIpc) is 2.91. The second-order valence-electron chi connectivity index (χ2n) is 9.34. The molecule has 0 saturated heterocycles. The van der Waals surface area contributed by atoms with Gasteiger partial charge in [0.25, 0.3) is 0 Å². The van der Waals surface area contributed by atoms with Crippen LogP contribution >= 0.6 is 0 Å². The highest BCUT2D eigenvalue weighted by Gasteiger charge is 2.44. The Kier molecular flexibility index (Phi) is 8.34. The van der Waals surface area contributed by atoms with Gasteiger partial charge in [0.05, 0.1) is 12.2 Å². The maximum Gasteiger partial charge on any atom is 0.471 e. The fraction of sp³-hybridized carbons (Fsp3) is 0.310. The van der Waals surface area contributed by atoms with Crippen molar-refractivity contribution in [3.05, 3.63) is 94.8 Å². The molecule has 4 rings (SSSR count). The molecule has 38 heavy (non-hydrogen) atoms. The second kappa shape index (κ2) is 11.7. The van der Waals surface area contributed by atoms with Crippen LogP contribution in [0.25, 0.3) is 0 Å². The van der Waals surface area contributed by atoms with E-state index < -0.39 is 41.7 Å². The summed E-state index contributed by atoms with van der Waals surface area (Å²) in [4.78, 5) is 24.4. The zero-order chi connectivity index (χ0) is 27.3. The third-order valence-electron chi connectivity index (χ3n) is 6.69. The van der Waals surface area contributed by atoms with Crippen molar-refractivity contribution in [2.45, 2.75) is 57.3 Å². The first-order valence-corrected chi connectivity index (χ1v) is 12.3. The summed E-state index contributed by atoms with van der Waals surface area (Å²) < 4.78 is 61.3. The number of anilines is 1. The number of carboxylic acids is 1. The van der Waals surface area contributed by atoms with E-state index in [4.69, 9.17) is 4.74 Å². The Bertz CT molecular complexity index is 1270. The largest absolute Gasteiger partial charge is 0.488 e. The van der Waals surface area contributed by atoms with E-state index >= 15 is 4.39 Å². The Balaban J connectivity index is 1.66. The molecule has 1 fully saturated rings. The smallest absolute Gasteiger partial charge is 0.471 e. The zero-order valence-electron chi connectivity index (χ0n) is 20.5. The van der Waals surface area contributed by atoms with Crippen LogP contribution in [-0.4, -0.2) is 23.2 Å². The average molecular weight is 530 g/mol. The molecule has 1 aliphatic carbocycles. The van der Waals surface area contributed by atoms with Crippen LogP contribution < -0.4 is 9.64 Å². The van der Waals surface area contributed by atoms with Crippen molar-refractivity contribution in [2.75, 3.05) is 4.90 Å². The van der Waals surface area contributed by atoms with E-state index in [0.29, 0.717) is 23.1 Å². The summed E-state index contributed by atoms with van der Waals surface area (Å²) in [6.07, 6.45) is 0.244. The SMILES string of the molecule is O=C(O)c1cc(F)c(N(Cc2ccc(C3CCCCC3)cc2)C(=O)C(F)(F)F)cc1OCc1ccccc1. The minimum absolute atomic E-state index is 0.109. The zero-order valence-corrected chi connectivity index (χ0v) is 20.5. The third-order valence-corrected chi connectivity index (χ3v) is 6.69. The van der Waals surface area contributed by atoms with Crippen molar-refractivity contribution in [3.63, 3.8) is 0 Å². The van der Waals surface area contributed by atoms with E-state index in [0.717, 1.165) is 37.3 Å². The third kappa shape index (κ3) is 6.51. The van der Waals surface area contributed by atoms with Gasteiger partial charge in [0, 0.05) is 6.07 Å². The Labute approximate surface area is 217 Å². The van der Waals surface area contributed by atoms with Crippen LogP contribution in [-0.2, 0) is 17.9 Å². The predicted molar refractivity (Wildman–Crippen MR) is 134 cm³/mol. The van der Waals surface area contributed by atoms with Gasteiger partial charge in [-0.3, -0.25) is 9.69 Å². The first-order valence-electron chi connectivity index (χ1n) is 12.3. The minimum Gasteiger partial charge on any atom is -0.488 e. The number of alkyl halides is 3. The van der Waals surface area contributed by atoms with Gasteiger partial charge >= 0.3 is 18.1 Å². The number of benzene rings is 3. The lowest BCUT2D eigenvalue weighted by atomic mass is 9.84. The lowest BCUT2D eigenvalue weighted by Crippen LogP contribution is -2.41. The first kappa shape index (κ1) is 27.2. The molecule has 0 aliphatic heterocycles. The number of amides is 1. The number of hydrogen-bond acceptors (Lipinski definition) is 3. The molecule has 200 valence electrons. The summed E-state index contributed by atoms with van der Waals surface area (Å²) in [5.74, 6) is -5.05. The van der Waals surface area contributed by atoms with Crippen LogP contribution in [0.4, 0.5) is 23.2 Å².